The number of amides is 1. The van der Waals surface area contributed by atoms with E-state index in [4.69, 9.17) is 0 Å². The summed E-state index contributed by atoms with van der Waals surface area (Å²) in [7, 11) is 1.81. The number of fused-ring (bicyclic) bond motifs is 2. The zero-order valence-corrected chi connectivity index (χ0v) is 21.0. The molecule has 0 atom stereocenters. The molecule has 6 rings (SSSR count). The van der Waals surface area contributed by atoms with Gasteiger partial charge >= 0.3 is 0 Å². The number of aryl methyl sites for hydroxylation is 2. The molecule has 0 bridgehead atoms. The van der Waals surface area contributed by atoms with E-state index in [1.54, 1.807) is 21.2 Å². The maximum atomic E-state index is 13.6. The van der Waals surface area contributed by atoms with Gasteiger partial charge in [-0.1, -0.05) is 66.7 Å². The van der Waals surface area contributed by atoms with Gasteiger partial charge in [-0.2, -0.15) is 0 Å². The van der Waals surface area contributed by atoms with Gasteiger partial charge in [0.2, 0.25) is 0 Å². The van der Waals surface area contributed by atoms with Crippen molar-refractivity contribution in [1.29, 1.82) is 0 Å². The molecule has 1 saturated heterocycles. The third-order valence-electron chi connectivity index (χ3n) is 7.36. The Morgan fingerprint density at radius 1 is 0.865 bits per heavy atom. The standard InChI is InChI=1S/C30H29N5O2/c1-21-13-14-26-31-28-24(29(36)35(26)20-21)19-25(32(28)2)30(37)34-17-15-33(16-18-34)27(22-9-5-3-6-10-22)23-11-7-4-8-12-23/h3-14,19-20,27H,15-18H2,1-2H3. The summed E-state index contributed by atoms with van der Waals surface area (Å²) >= 11 is 0. The second kappa shape index (κ2) is 9.33. The number of carbonyl (C=O) groups excluding carboxylic acids is 1. The molecule has 0 spiro atoms. The van der Waals surface area contributed by atoms with Gasteiger partial charge in [0.05, 0.1) is 11.4 Å². The van der Waals surface area contributed by atoms with E-state index in [0.717, 1.165) is 18.7 Å². The maximum absolute atomic E-state index is 13.6. The topological polar surface area (TPSA) is 62.9 Å². The van der Waals surface area contributed by atoms with Crippen LogP contribution in [-0.2, 0) is 7.05 Å². The molecule has 7 nitrogen and oxygen atoms in total. The molecule has 5 aromatic rings. The number of benzene rings is 2. The van der Waals surface area contributed by atoms with Crippen LogP contribution in [0.15, 0.2) is 89.9 Å². The molecule has 2 aromatic carbocycles. The smallest absolute Gasteiger partial charge is 0.270 e. The minimum atomic E-state index is -0.156. The Kier molecular flexibility index (Phi) is 5.85. The molecule has 3 aromatic heterocycles. The van der Waals surface area contributed by atoms with Gasteiger partial charge in [-0.25, -0.2) is 4.98 Å². The van der Waals surface area contributed by atoms with Crippen LogP contribution >= 0.6 is 0 Å². The van der Waals surface area contributed by atoms with Gasteiger partial charge in [0.1, 0.15) is 17.0 Å². The van der Waals surface area contributed by atoms with Gasteiger partial charge < -0.3 is 9.47 Å². The molecule has 186 valence electrons. The van der Waals surface area contributed by atoms with E-state index in [2.05, 4.69) is 58.4 Å². The Balaban J connectivity index is 1.27. The Morgan fingerprint density at radius 3 is 2.11 bits per heavy atom. The number of aromatic nitrogens is 3. The highest BCUT2D eigenvalue weighted by molar-refractivity contribution is 5.98. The SMILES string of the molecule is Cc1ccc2nc3c(cc(C(=O)N4CCN(C(c5ccccc5)c5ccccc5)CC4)n3C)c(=O)n2c1. The van der Waals surface area contributed by atoms with E-state index >= 15 is 0 Å². The highest BCUT2D eigenvalue weighted by atomic mass is 16.2. The highest BCUT2D eigenvalue weighted by Gasteiger charge is 2.30. The summed E-state index contributed by atoms with van der Waals surface area (Å²) in [5.74, 6) is -0.0687. The van der Waals surface area contributed by atoms with Gasteiger partial charge in [0.15, 0.2) is 0 Å². The van der Waals surface area contributed by atoms with Gasteiger partial charge in [-0.05, 0) is 35.7 Å². The van der Waals surface area contributed by atoms with Crippen molar-refractivity contribution < 1.29 is 4.79 Å². The second-order valence-corrected chi connectivity index (χ2v) is 9.73. The monoisotopic (exact) mass is 491 g/mol. The molecule has 7 heteroatoms. The molecular weight excluding hydrogens is 462 g/mol. The predicted molar refractivity (Wildman–Crippen MR) is 145 cm³/mol. The van der Waals surface area contributed by atoms with E-state index in [-0.39, 0.29) is 17.5 Å². The molecule has 1 aliphatic heterocycles. The lowest BCUT2D eigenvalue weighted by atomic mass is 9.96. The van der Waals surface area contributed by atoms with Crippen LogP contribution in [-0.4, -0.2) is 55.8 Å². The third-order valence-corrected chi connectivity index (χ3v) is 7.36. The molecule has 1 amide bonds. The van der Waals surface area contributed by atoms with Gasteiger partial charge in [0, 0.05) is 39.4 Å². The number of pyridine rings is 1. The van der Waals surface area contributed by atoms with Crippen molar-refractivity contribution in [2.24, 2.45) is 7.05 Å². The van der Waals surface area contributed by atoms with Crippen molar-refractivity contribution in [3.8, 4) is 0 Å². The Hall–Kier alpha value is -4.23. The van der Waals surface area contributed by atoms with Crippen molar-refractivity contribution >= 4 is 22.6 Å². The minimum Gasteiger partial charge on any atom is -0.335 e. The Bertz CT molecular complexity index is 1610. The maximum Gasteiger partial charge on any atom is 0.270 e. The van der Waals surface area contributed by atoms with E-state index in [9.17, 15) is 9.59 Å². The molecule has 0 saturated carbocycles. The lowest BCUT2D eigenvalue weighted by Crippen LogP contribution is -2.50. The zero-order chi connectivity index (χ0) is 25.5. The fourth-order valence-electron chi connectivity index (χ4n) is 5.41. The number of hydrogen-bond donors (Lipinski definition) is 0. The number of rotatable bonds is 4. The second-order valence-electron chi connectivity index (χ2n) is 9.73. The molecule has 1 aliphatic rings. The van der Waals surface area contributed by atoms with Crippen molar-refractivity contribution in [2.45, 2.75) is 13.0 Å². The van der Waals surface area contributed by atoms with Gasteiger partial charge in [-0.15, -0.1) is 0 Å². The number of carbonyl (C=O) groups is 1. The predicted octanol–water partition coefficient (Wildman–Crippen LogP) is 4.04. The van der Waals surface area contributed by atoms with Gasteiger partial charge in [-0.3, -0.25) is 18.9 Å². The minimum absolute atomic E-state index is 0.0687. The lowest BCUT2D eigenvalue weighted by Gasteiger charge is -2.39. The van der Waals surface area contributed by atoms with Crippen LogP contribution in [0.1, 0.15) is 33.2 Å². The number of piperazine rings is 1. The summed E-state index contributed by atoms with van der Waals surface area (Å²) in [6.45, 7) is 4.69. The van der Waals surface area contributed by atoms with Crippen molar-refractivity contribution in [3.63, 3.8) is 0 Å². The first-order valence-electron chi connectivity index (χ1n) is 12.6. The Labute approximate surface area is 215 Å². The first-order chi connectivity index (χ1) is 18.0. The van der Waals surface area contributed by atoms with Crippen LogP contribution < -0.4 is 5.56 Å². The summed E-state index contributed by atoms with van der Waals surface area (Å²) in [5, 5.41) is 0.459. The number of hydrogen-bond acceptors (Lipinski definition) is 4. The first-order valence-corrected chi connectivity index (χ1v) is 12.6. The van der Waals surface area contributed by atoms with Crippen molar-refractivity contribution in [1.82, 2.24) is 23.8 Å². The largest absolute Gasteiger partial charge is 0.335 e. The average Bonchev–Trinajstić information content (AvgIpc) is 3.27. The molecule has 0 radical (unpaired) electrons. The average molecular weight is 492 g/mol. The first kappa shape index (κ1) is 23.2. The van der Waals surface area contributed by atoms with Crippen LogP contribution in [0.3, 0.4) is 0 Å². The summed E-state index contributed by atoms with van der Waals surface area (Å²) < 4.78 is 3.31. The molecular formula is C30H29N5O2. The van der Waals surface area contributed by atoms with Crippen LogP contribution in [0.5, 0.6) is 0 Å². The molecule has 0 aliphatic carbocycles. The summed E-state index contributed by atoms with van der Waals surface area (Å²) in [5.41, 5.74) is 4.91. The normalized spacial score (nSPS) is 14.6. The van der Waals surface area contributed by atoms with E-state index in [1.807, 2.05) is 43.1 Å². The summed E-state index contributed by atoms with van der Waals surface area (Å²) in [6, 6.07) is 26.7. The van der Waals surface area contributed by atoms with E-state index < -0.39 is 0 Å². The molecule has 37 heavy (non-hydrogen) atoms. The summed E-state index contributed by atoms with van der Waals surface area (Å²) in [6.07, 6.45) is 1.79. The molecule has 4 heterocycles. The van der Waals surface area contributed by atoms with Crippen LogP contribution in [0.25, 0.3) is 16.7 Å². The quantitative estimate of drug-likeness (QED) is 0.381. The van der Waals surface area contributed by atoms with Gasteiger partial charge in [0.25, 0.3) is 11.5 Å². The van der Waals surface area contributed by atoms with Crippen molar-refractivity contribution in [2.75, 3.05) is 26.2 Å². The summed E-state index contributed by atoms with van der Waals surface area (Å²) in [4.78, 5) is 35.8. The fraction of sp³-hybridized carbons (Fsp3) is 0.233. The van der Waals surface area contributed by atoms with E-state index in [1.165, 1.54) is 11.1 Å². The zero-order valence-electron chi connectivity index (χ0n) is 21.0. The van der Waals surface area contributed by atoms with E-state index in [0.29, 0.717) is 35.5 Å². The third kappa shape index (κ3) is 4.11. The Morgan fingerprint density at radius 2 is 1.49 bits per heavy atom. The fourth-order valence-corrected chi connectivity index (χ4v) is 5.41. The van der Waals surface area contributed by atoms with Crippen LogP contribution in [0.4, 0.5) is 0 Å². The molecule has 1 fully saturated rings. The molecule has 0 N–H and O–H groups in total. The highest BCUT2D eigenvalue weighted by Crippen LogP contribution is 2.30. The lowest BCUT2D eigenvalue weighted by molar-refractivity contribution is 0.0589. The van der Waals surface area contributed by atoms with Crippen LogP contribution in [0.2, 0.25) is 0 Å². The van der Waals surface area contributed by atoms with Crippen molar-refractivity contribution in [3.05, 3.63) is 118 Å². The van der Waals surface area contributed by atoms with Crippen LogP contribution in [0, 0.1) is 6.92 Å². The molecule has 0 unspecified atom stereocenters. The number of nitrogens with zero attached hydrogens (tertiary/aromatic N) is 5.